The Morgan fingerprint density at radius 2 is 2.04 bits per heavy atom. The normalized spacial score (nSPS) is 33.3. The zero-order chi connectivity index (χ0) is 15.5. The van der Waals surface area contributed by atoms with E-state index in [1.807, 2.05) is 12.3 Å². The Hall–Kier alpha value is -1.01. The molecule has 0 aromatic carbocycles. The van der Waals surface area contributed by atoms with Crippen molar-refractivity contribution in [3.63, 3.8) is 0 Å². The van der Waals surface area contributed by atoms with Gasteiger partial charge in [-0.05, 0) is 30.9 Å². The number of pyridine rings is 1. The quantitative estimate of drug-likeness (QED) is 0.842. The Kier molecular flexibility index (Phi) is 4.90. The van der Waals surface area contributed by atoms with Gasteiger partial charge in [0.05, 0.1) is 25.0 Å². The van der Waals surface area contributed by atoms with Crippen LogP contribution in [0.25, 0.3) is 0 Å². The molecule has 3 saturated heterocycles. The van der Waals surface area contributed by atoms with Gasteiger partial charge in [0.25, 0.3) is 0 Å². The lowest BCUT2D eigenvalue weighted by molar-refractivity contribution is -0.128. The van der Waals surface area contributed by atoms with Crippen LogP contribution in [0.4, 0.5) is 0 Å². The summed E-state index contributed by atoms with van der Waals surface area (Å²) in [4.78, 5) is 9.68. The van der Waals surface area contributed by atoms with E-state index in [9.17, 15) is 0 Å². The molecule has 126 valence electrons. The molecular weight excluding hydrogens is 290 g/mol. The molecule has 5 nitrogen and oxygen atoms in total. The molecule has 3 fully saturated rings. The molecule has 4 rings (SSSR count). The first-order valence-corrected chi connectivity index (χ1v) is 8.96. The standard InChI is InChI=1S/C18H27N3O2/c1-2-6-19-16(5-1)13-20-12-15-4-3-9-23-18(15)17(14-20)21-7-10-22-11-8-21/h1-2,5-6,15,17-18H,3-4,7-14H2/t15-,17+,18-/m0/s1. The summed E-state index contributed by atoms with van der Waals surface area (Å²) in [6.45, 7) is 7.89. The van der Waals surface area contributed by atoms with Gasteiger partial charge >= 0.3 is 0 Å². The fourth-order valence-electron chi connectivity index (χ4n) is 4.34. The number of hydrogen-bond acceptors (Lipinski definition) is 5. The number of fused-ring (bicyclic) bond motifs is 1. The number of morpholine rings is 1. The van der Waals surface area contributed by atoms with Crippen molar-refractivity contribution >= 4 is 0 Å². The number of piperidine rings is 1. The highest BCUT2D eigenvalue weighted by Gasteiger charge is 2.42. The maximum Gasteiger partial charge on any atom is 0.0782 e. The van der Waals surface area contributed by atoms with E-state index in [1.165, 1.54) is 18.5 Å². The van der Waals surface area contributed by atoms with Gasteiger partial charge in [0.2, 0.25) is 0 Å². The Morgan fingerprint density at radius 3 is 2.87 bits per heavy atom. The minimum absolute atomic E-state index is 0.404. The van der Waals surface area contributed by atoms with E-state index in [4.69, 9.17) is 9.47 Å². The van der Waals surface area contributed by atoms with Gasteiger partial charge in [0, 0.05) is 51.6 Å². The summed E-state index contributed by atoms with van der Waals surface area (Å²) in [6.07, 6.45) is 4.80. The first-order chi connectivity index (χ1) is 11.4. The number of ether oxygens (including phenoxy) is 2. The molecule has 3 aliphatic heterocycles. The minimum atomic E-state index is 0.404. The average Bonchev–Trinajstić information content (AvgIpc) is 2.63. The van der Waals surface area contributed by atoms with Crippen LogP contribution in [-0.4, -0.2) is 72.9 Å². The fraction of sp³-hybridized carbons (Fsp3) is 0.722. The minimum Gasteiger partial charge on any atom is -0.379 e. The fourth-order valence-corrected chi connectivity index (χ4v) is 4.34. The number of likely N-dealkylation sites (tertiary alicyclic amines) is 1. The smallest absolute Gasteiger partial charge is 0.0782 e. The number of hydrogen-bond donors (Lipinski definition) is 0. The summed E-state index contributed by atoms with van der Waals surface area (Å²) < 4.78 is 11.8. The van der Waals surface area contributed by atoms with Crippen LogP contribution in [-0.2, 0) is 16.0 Å². The van der Waals surface area contributed by atoms with Gasteiger partial charge in [-0.3, -0.25) is 14.8 Å². The summed E-state index contributed by atoms with van der Waals surface area (Å²) in [5.41, 5.74) is 1.17. The Morgan fingerprint density at radius 1 is 1.13 bits per heavy atom. The summed E-state index contributed by atoms with van der Waals surface area (Å²) >= 11 is 0. The van der Waals surface area contributed by atoms with E-state index in [1.54, 1.807) is 0 Å². The average molecular weight is 317 g/mol. The molecule has 3 atom stereocenters. The highest BCUT2D eigenvalue weighted by molar-refractivity contribution is 5.05. The molecular formula is C18H27N3O2. The molecule has 0 radical (unpaired) electrons. The van der Waals surface area contributed by atoms with Crippen molar-refractivity contribution in [3.8, 4) is 0 Å². The molecule has 0 aliphatic carbocycles. The molecule has 1 aromatic heterocycles. The maximum absolute atomic E-state index is 6.22. The van der Waals surface area contributed by atoms with E-state index in [0.29, 0.717) is 18.1 Å². The van der Waals surface area contributed by atoms with Crippen LogP contribution < -0.4 is 0 Å². The molecule has 23 heavy (non-hydrogen) atoms. The molecule has 0 saturated carbocycles. The highest BCUT2D eigenvalue weighted by atomic mass is 16.5. The van der Waals surface area contributed by atoms with Crippen LogP contribution in [0, 0.1) is 5.92 Å². The molecule has 5 heteroatoms. The number of aromatic nitrogens is 1. The van der Waals surface area contributed by atoms with Crippen LogP contribution in [0.5, 0.6) is 0 Å². The first-order valence-electron chi connectivity index (χ1n) is 8.96. The van der Waals surface area contributed by atoms with E-state index in [-0.39, 0.29) is 0 Å². The second-order valence-corrected chi connectivity index (χ2v) is 6.97. The Balaban J connectivity index is 1.48. The van der Waals surface area contributed by atoms with Gasteiger partial charge in [-0.25, -0.2) is 0 Å². The topological polar surface area (TPSA) is 37.8 Å². The second-order valence-electron chi connectivity index (χ2n) is 6.97. The van der Waals surface area contributed by atoms with Crippen molar-refractivity contribution in [1.29, 1.82) is 0 Å². The molecule has 0 unspecified atom stereocenters. The van der Waals surface area contributed by atoms with Gasteiger partial charge in [-0.1, -0.05) is 6.07 Å². The van der Waals surface area contributed by atoms with Gasteiger partial charge in [-0.2, -0.15) is 0 Å². The lowest BCUT2D eigenvalue weighted by Gasteiger charge is -2.50. The Labute approximate surface area is 138 Å². The first kappa shape index (κ1) is 15.5. The Bertz CT molecular complexity index is 492. The molecule has 0 spiro atoms. The van der Waals surface area contributed by atoms with Gasteiger partial charge in [0.1, 0.15) is 0 Å². The lowest BCUT2D eigenvalue weighted by Crippen LogP contribution is -2.62. The predicted molar refractivity (Wildman–Crippen MR) is 88.2 cm³/mol. The van der Waals surface area contributed by atoms with Crippen LogP contribution in [0.1, 0.15) is 18.5 Å². The van der Waals surface area contributed by atoms with Gasteiger partial charge in [0.15, 0.2) is 0 Å². The largest absolute Gasteiger partial charge is 0.379 e. The van der Waals surface area contributed by atoms with Crippen LogP contribution in [0.15, 0.2) is 24.4 Å². The van der Waals surface area contributed by atoms with Crippen LogP contribution in [0.2, 0.25) is 0 Å². The molecule has 4 heterocycles. The van der Waals surface area contributed by atoms with Crippen molar-refractivity contribution in [3.05, 3.63) is 30.1 Å². The van der Waals surface area contributed by atoms with Crippen molar-refractivity contribution in [2.45, 2.75) is 31.5 Å². The van der Waals surface area contributed by atoms with Gasteiger partial charge < -0.3 is 9.47 Å². The summed E-state index contributed by atoms with van der Waals surface area (Å²) in [6, 6.07) is 6.70. The van der Waals surface area contributed by atoms with E-state index in [0.717, 1.165) is 52.5 Å². The molecule has 0 amide bonds. The second kappa shape index (κ2) is 7.26. The van der Waals surface area contributed by atoms with Crippen molar-refractivity contribution in [2.75, 3.05) is 46.0 Å². The maximum atomic E-state index is 6.22. The van der Waals surface area contributed by atoms with Gasteiger partial charge in [-0.15, -0.1) is 0 Å². The van der Waals surface area contributed by atoms with E-state index < -0.39 is 0 Å². The molecule has 1 aromatic rings. The number of rotatable bonds is 3. The molecule has 0 bridgehead atoms. The summed E-state index contributed by atoms with van der Waals surface area (Å²) in [5, 5.41) is 0. The number of nitrogens with zero attached hydrogens (tertiary/aromatic N) is 3. The monoisotopic (exact) mass is 317 g/mol. The zero-order valence-corrected chi connectivity index (χ0v) is 13.8. The van der Waals surface area contributed by atoms with Crippen LogP contribution >= 0.6 is 0 Å². The predicted octanol–water partition coefficient (Wildman–Crippen LogP) is 1.39. The van der Waals surface area contributed by atoms with Crippen LogP contribution in [0.3, 0.4) is 0 Å². The highest BCUT2D eigenvalue weighted by Crippen LogP contribution is 2.32. The third-order valence-corrected chi connectivity index (χ3v) is 5.44. The summed E-state index contributed by atoms with van der Waals surface area (Å²) in [7, 11) is 0. The van der Waals surface area contributed by atoms with E-state index in [2.05, 4.69) is 26.9 Å². The third kappa shape index (κ3) is 3.58. The molecule has 3 aliphatic rings. The SMILES string of the molecule is c1ccc(CN2C[C@@H]3CCCO[C@@H]3[C@H](N3CCOCC3)C2)nc1. The third-order valence-electron chi connectivity index (χ3n) is 5.44. The molecule has 0 N–H and O–H groups in total. The lowest BCUT2D eigenvalue weighted by atomic mass is 9.84. The van der Waals surface area contributed by atoms with E-state index >= 15 is 0 Å². The van der Waals surface area contributed by atoms with Crippen molar-refractivity contribution < 1.29 is 9.47 Å². The summed E-state index contributed by atoms with van der Waals surface area (Å²) in [5.74, 6) is 0.661. The van der Waals surface area contributed by atoms with Crippen molar-refractivity contribution in [2.24, 2.45) is 5.92 Å². The zero-order valence-electron chi connectivity index (χ0n) is 13.8. The van der Waals surface area contributed by atoms with Crippen molar-refractivity contribution in [1.82, 2.24) is 14.8 Å².